The maximum absolute atomic E-state index is 11.9. The molecule has 0 aromatic heterocycles. The molecule has 0 bridgehead atoms. The van der Waals surface area contributed by atoms with Crippen LogP contribution in [0.2, 0.25) is 0 Å². The minimum atomic E-state index is -4.02. The predicted octanol–water partition coefficient (Wildman–Crippen LogP) is 5.62. The Labute approximate surface area is 129 Å². The first-order valence-corrected chi connectivity index (χ1v) is 7.71. The van der Waals surface area contributed by atoms with E-state index in [-0.39, 0.29) is 6.42 Å². The molecule has 2 nitrogen and oxygen atoms in total. The molecule has 5 heteroatoms. The number of benzene rings is 1. The van der Waals surface area contributed by atoms with Gasteiger partial charge in [-0.25, -0.2) is 0 Å². The van der Waals surface area contributed by atoms with Crippen LogP contribution in [0.1, 0.15) is 56.9 Å². The molecule has 0 atom stereocenters. The van der Waals surface area contributed by atoms with Crippen LogP contribution >= 0.6 is 0 Å². The zero-order valence-corrected chi connectivity index (χ0v) is 12.7. The number of alkyl halides is 3. The highest BCUT2D eigenvalue weighted by molar-refractivity contribution is 5.42. The van der Waals surface area contributed by atoms with E-state index in [1.165, 1.54) is 0 Å². The van der Waals surface area contributed by atoms with Crippen LogP contribution in [0.25, 0.3) is 0 Å². The zero-order chi connectivity index (χ0) is 16.3. The minimum Gasteiger partial charge on any atom is -0.492 e. The smallest absolute Gasteiger partial charge is 0.389 e. The second-order valence-corrected chi connectivity index (χ2v) is 5.30. The van der Waals surface area contributed by atoms with E-state index in [2.05, 4.69) is 6.07 Å². The molecular weight excluding hydrogens is 291 g/mol. The lowest BCUT2D eigenvalue weighted by Crippen LogP contribution is -2.06. The lowest BCUT2D eigenvalue weighted by atomic mass is 10.1. The first-order valence-electron chi connectivity index (χ1n) is 7.71. The SMILES string of the molecule is N#Cc1ccccc1OCCCCCCCCCC(F)(F)F. The van der Waals surface area contributed by atoms with Crippen molar-refractivity contribution in [1.29, 1.82) is 5.26 Å². The third kappa shape index (κ3) is 8.56. The van der Waals surface area contributed by atoms with E-state index in [0.717, 1.165) is 32.1 Å². The number of nitriles is 1. The summed E-state index contributed by atoms with van der Waals surface area (Å²) >= 11 is 0. The average molecular weight is 313 g/mol. The average Bonchev–Trinajstić information content (AvgIpc) is 2.48. The van der Waals surface area contributed by atoms with Gasteiger partial charge < -0.3 is 4.74 Å². The van der Waals surface area contributed by atoms with Gasteiger partial charge in [0.15, 0.2) is 0 Å². The van der Waals surface area contributed by atoms with Crippen LogP contribution in [0.3, 0.4) is 0 Å². The van der Waals surface area contributed by atoms with Gasteiger partial charge in [0.05, 0.1) is 12.2 Å². The third-order valence-electron chi connectivity index (χ3n) is 3.37. The van der Waals surface area contributed by atoms with Crippen LogP contribution in [0.5, 0.6) is 5.75 Å². The molecule has 1 aromatic carbocycles. The molecular formula is C17H22F3NO. The number of hydrogen-bond donors (Lipinski definition) is 0. The molecule has 122 valence electrons. The van der Waals surface area contributed by atoms with Crippen LogP contribution in [-0.4, -0.2) is 12.8 Å². The number of para-hydroxylation sites is 1. The fourth-order valence-electron chi connectivity index (χ4n) is 2.18. The van der Waals surface area contributed by atoms with Crippen molar-refractivity contribution in [3.8, 4) is 11.8 Å². The minimum absolute atomic E-state index is 0.234. The Bertz CT molecular complexity index is 466. The van der Waals surface area contributed by atoms with Gasteiger partial charge in [-0.2, -0.15) is 18.4 Å². The molecule has 0 saturated carbocycles. The summed E-state index contributed by atoms with van der Waals surface area (Å²) in [7, 11) is 0. The van der Waals surface area contributed by atoms with E-state index in [4.69, 9.17) is 10.00 Å². The lowest BCUT2D eigenvalue weighted by Gasteiger charge is -2.07. The fourth-order valence-corrected chi connectivity index (χ4v) is 2.18. The zero-order valence-electron chi connectivity index (χ0n) is 12.7. The van der Waals surface area contributed by atoms with Crippen molar-refractivity contribution >= 4 is 0 Å². The highest BCUT2D eigenvalue weighted by Gasteiger charge is 2.25. The van der Waals surface area contributed by atoms with Gasteiger partial charge in [-0.15, -0.1) is 0 Å². The molecule has 1 aromatic rings. The highest BCUT2D eigenvalue weighted by atomic mass is 19.4. The van der Waals surface area contributed by atoms with Gasteiger partial charge in [-0.05, 0) is 25.0 Å². The number of nitrogens with zero attached hydrogens (tertiary/aromatic N) is 1. The Morgan fingerprint density at radius 1 is 0.909 bits per heavy atom. The van der Waals surface area contributed by atoms with E-state index >= 15 is 0 Å². The molecule has 0 aliphatic rings. The number of hydrogen-bond acceptors (Lipinski definition) is 2. The van der Waals surface area contributed by atoms with Gasteiger partial charge in [-0.1, -0.05) is 44.2 Å². The Morgan fingerprint density at radius 2 is 1.50 bits per heavy atom. The monoisotopic (exact) mass is 313 g/mol. The van der Waals surface area contributed by atoms with Gasteiger partial charge >= 0.3 is 6.18 Å². The first kappa shape index (κ1) is 18.3. The van der Waals surface area contributed by atoms with Crippen molar-refractivity contribution in [1.82, 2.24) is 0 Å². The highest BCUT2D eigenvalue weighted by Crippen LogP contribution is 2.23. The Hall–Kier alpha value is -1.70. The number of halogens is 3. The Balaban J connectivity index is 1.97. The van der Waals surface area contributed by atoms with Crippen LogP contribution in [0.15, 0.2) is 24.3 Å². The van der Waals surface area contributed by atoms with Crippen molar-refractivity contribution in [3.63, 3.8) is 0 Å². The number of unbranched alkanes of at least 4 members (excludes halogenated alkanes) is 6. The van der Waals surface area contributed by atoms with Crippen LogP contribution in [0.4, 0.5) is 13.2 Å². The fraction of sp³-hybridized carbons (Fsp3) is 0.588. The second-order valence-electron chi connectivity index (χ2n) is 5.30. The summed E-state index contributed by atoms with van der Waals surface area (Å²) in [4.78, 5) is 0. The quantitative estimate of drug-likeness (QED) is 0.525. The van der Waals surface area contributed by atoms with Crippen molar-refractivity contribution < 1.29 is 17.9 Å². The van der Waals surface area contributed by atoms with E-state index in [9.17, 15) is 13.2 Å². The normalized spacial score (nSPS) is 11.2. The predicted molar refractivity (Wildman–Crippen MR) is 79.6 cm³/mol. The van der Waals surface area contributed by atoms with E-state index < -0.39 is 12.6 Å². The van der Waals surface area contributed by atoms with Crippen molar-refractivity contribution in [2.75, 3.05) is 6.61 Å². The summed E-state index contributed by atoms with van der Waals surface area (Å²) in [6.07, 6.45) is 0.908. The van der Waals surface area contributed by atoms with Gasteiger partial charge in [0.2, 0.25) is 0 Å². The van der Waals surface area contributed by atoms with Gasteiger partial charge in [-0.3, -0.25) is 0 Å². The van der Waals surface area contributed by atoms with Crippen molar-refractivity contribution in [2.24, 2.45) is 0 Å². The lowest BCUT2D eigenvalue weighted by molar-refractivity contribution is -0.135. The van der Waals surface area contributed by atoms with E-state index in [1.807, 2.05) is 6.07 Å². The maximum atomic E-state index is 11.9. The van der Waals surface area contributed by atoms with Gasteiger partial charge in [0.1, 0.15) is 11.8 Å². The third-order valence-corrected chi connectivity index (χ3v) is 3.37. The summed E-state index contributed by atoms with van der Waals surface area (Å²) < 4.78 is 41.4. The molecule has 0 aliphatic carbocycles. The molecule has 0 fully saturated rings. The molecule has 0 N–H and O–H groups in total. The van der Waals surface area contributed by atoms with Gasteiger partial charge in [0, 0.05) is 6.42 Å². The van der Waals surface area contributed by atoms with Crippen LogP contribution < -0.4 is 4.74 Å². The molecule has 0 heterocycles. The molecule has 0 aliphatic heterocycles. The van der Waals surface area contributed by atoms with Crippen LogP contribution in [0, 0.1) is 11.3 Å². The first-order chi connectivity index (χ1) is 10.5. The summed E-state index contributed by atoms with van der Waals surface area (Å²) in [5.41, 5.74) is 0.534. The summed E-state index contributed by atoms with van der Waals surface area (Å²) in [5, 5.41) is 8.91. The molecule has 1 rings (SSSR count). The topological polar surface area (TPSA) is 33.0 Å². The molecule has 0 unspecified atom stereocenters. The standard InChI is InChI=1S/C17H22F3NO/c18-17(19,20)12-8-4-2-1-3-5-9-13-22-16-11-7-6-10-15(16)14-21/h6-7,10-11H,1-5,8-9,12-13H2. The Kier molecular flexibility index (Phi) is 8.42. The number of ether oxygens (including phenoxy) is 1. The maximum Gasteiger partial charge on any atom is 0.389 e. The molecule has 0 saturated heterocycles. The molecule has 0 radical (unpaired) electrons. The summed E-state index contributed by atoms with van der Waals surface area (Å²) in [5.74, 6) is 0.608. The number of rotatable bonds is 10. The molecule has 0 spiro atoms. The largest absolute Gasteiger partial charge is 0.492 e. The van der Waals surface area contributed by atoms with Crippen molar-refractivity contribution in [3.05, 3.63) is 29.8 Å². The van der Waals surface area contributed by atoms with Crippen molar-refractivity contribution in [2.45, 2.75) is 57.5 Å². The van der Waals surface area contributed by atoms with Gasteiger partial charge in [0.25, 0.3) is 0 Å². The van der Waals surface area contributed by atoms with E-state index in [1.54, 1.807) is 18.2 Å². The second kappa shape index (κ2) is 10.1. The summed E-state index contributed by atoms with van der Waals surface area (Å²) in [6.45, 7) is 0.562. The van der Waals surface area contributed by atoms with Crippen LogP contribution in [-0.2, 0) is 0 Å². The summed E-state index contributed by atoms with van der Waals surface area (Å²) in [6, 6.07) is 9.20. The molecule has 22 heavy (non-hydrogen) atoms. The molecule has 0 amide bonds. The Morgan fingerprint density at radius 3 is 2.14 bits per heavy atom. The van der Waals surface area contributed by atoms with E-state index in [0.29, 0.717) is 24.3 Å².